The minimum atomic E-state index is -0.728. The number of hydrogen-bond acceptors (Lipinski definition) is 4. The van der Waals surface area contributed by atoms with E-state index in [9.17, 15) is 9.90 Å². The molecule has 0 spiro atoms. The Morgan fingerprint density at radius 3 is 2.10 bits per heavy atom. The first-order valence-corrected chi connectivity index (χ1v) is 10.6. The number of aromatic amines is 1. The van der Waals surface area contributed by atoms with Crippen LogP contribution in [0.25, 0.3) is 22.4 Å². The highest BCUT2D eigenvalue weighted by Gasteiger charge is 2.34. The summed E-state index contributed by atoms with van der Waals surface area (Å²) in [5, 5.41) is 13.8. The number of aromatic nitrogens is 2. The quantitative estimate of drug-likeness (QED) is 0.428. The number of aromatic hydroxyl groups is 1. The normalized spacial score (nSPS) is 16.1. The van der Waals surface area contributed by atoms with Gasteiger partial charge in [-0.2, -0.15) is 0 Å². The number of fused-ring (bicyclic) bond motifs is 2. The summed E-state index contributed by atoms with van der Waals surface area (Å²) in [6, 6.07) is 7.88. The molecule has 0 radical (unpaired) electrons. The second kappa shape index (κ2) is 6.49. The summed E-state index contributed by atoms with van der Waals surface area (Å²) in [5.41, 5.74) is 4.74. The van der Waals surface area contributed by atoms with Gasteiger partial charge in [0.1, 0.15) is 17.2 Å². The number of imidazole rings is 1. The first-order chi connectivity index (χ1) is 14.2. The third kappa shape index (κ3) is 3.64. The van der Waals surface area contributed by atoms with Crippen LogP contribution in [-0.2, 0) is 21.2 Å². The standard InChI is InChI=1S/C25H31N3O3/c1-23(2,3)15-9-13(10-16(20(15)29)24(4,5)6)21-26-18-11-14-17(12-19(18)27-21)28-22(30)31-25(14,7)8/h9-12,29H,1-8H3,(H,26,27)(H,28,30). The number of H-pyrrole nitrogens is 1. The number of cyclic esters (lactones) is 1. The third-order valence-corrected chi connectivity index (χ3v) is 5.85. The molecule has 0 bridgehead atoms. The molecule has 1 aliphatic heterocycles. The van der Waals surface area contributed by atoms with Crippen molar-refractivity contribution in [3.05, 3.63) is 41.0 Å². The van der Waals surface area contributed by atoms with E-state index in [1.807, 2.05) is 38.1 Å². The van der Waals surface area contributed by atoms with Crippen LogP contribution in [0.4, 0.5) is 10.5 Å². The van der Waals surface area contributed by atoms with Gasteiger partial charge in [-0.3, -0.25) is 5.32 Å². The maximum absolute atomic E-state index is 11.9. The Hall–Kier alpha value is -3.02. The number of nitrogens with one attached hydrogen (secondary N) is 2. The van der Waals surface area contributed by atoms with Crippen LogP contribution < -0.4 is 5.32 Å². The Kier molecular flexibility index (Phi) is 4.44. The van der Waals surface area contributed by atoms with Gasteiger partial charge in [-0.05, 0) is 48.9 Å². The number of anilines is 1. The van der Waals surface area contributed by atoms with Crippen molar-refractivity contribution in [2.75, 3.05) is 5.32 Å². The lowest BCUT2D eigenvalue weighted by Crippen LogP contribution is -2.34. The molecule has 2 aromatic carbocycles. The number of ether oxygens (including phenoxy) is 1. The highest BCUT2D eigenvalue weighted by Crippen LogP contribution is 2.42. The predicted molar refractivity (Wildman–Crippen MR) is 124 cm³/mol. The molecule has 0 saturated heterocycles. The van der Waals surface area contributed by atoms with Crippen LogP contribution in [0.2, 0.25) is 0 Å². The van der Waals surface area contributed by atoms with Gasteiger partial charge in [0.2, 0.25) is 0 Å². The molecule has 6 heteroatoms. The lowest BCUT2D eigenvalue weighted by Gasteiger charge is -2.32. The van der Waals surface area contributed by atoms with E-state index in [-0.39, 0.29) is 10.8 Å². The molecule has 0 atom stereocenters. The number of benzene rings is 2. The summed E-state index contributed by atoms with van der Waals surface area (Å²) in [6.07, 6.45) is -0.462. The molecule has 1 amide bonds. The number of rotatable bonds is 1. The molecule has 6 nitrogen and oxygen atoms in total. The SMILES string of the molecule is CC(C)(C)c1cc(-c2nc3cc4c(cc3[nH]2)C(C)(C)OC(=O)N4)cc(C(C)(C)C)c1O. The number of phenols is 1. The zero-order chi connectivity index (χ0) is 22.9. The second-order valence-electron chi connectivity index (χ2n) is 10.9. The van der Waals surface area contributed by atoms with E-state index in [0.717, 1.165) is 39.1 Å². The summed E-state index contributed by atoms with van der Waals surface area (Å²) >= 11 is 0. The zero-order valence-electron chi connectivity index (χ0n) is 19.5. The maximum Gasteiger partial charge on any atom is 0.412 e. The molecular weight excluding hydrogens is 390 g/mol. The van der Waals surface area contributed by atoms with E-state index >= 15 is 0 Å². The molecule has 0 aliphatic carbocycles. The van der Waals surface area contributed by atoms with Gasteiger partial charge in [-0.1, -0.05) is 41.5 Å². The largest absolute Gasteiger partial charge is 0.507 e. The number of carbonyl (C=O) groups is 1. The van der Waals surface area contributed by atoms with Gasteiger partial charge < -0.3 is 14.8 Å². The smallest absolute Gasteiger partial charge is 0.412 e. The Morgan fingerprint density at radius 1 is 0.968 bits per heavy atom. The molecule has 1 aromatic heterocycles. The molecule has 0 fully saturated rings. The highest BCUT2D eigenvalue weighted by atomic mass is 16.6. The van der Waals surface area contributed by atoms with E-state index in [1.165, 1.54) is 0 Å². The van der Waals surface area contributed by atoms with Crippen LogP contribution in [-0.4, -0.2) is 21.2 Å². The molecule has 0 unspecified atom stereocenters. The van der Waals surface area contributed by atoms with Crippen molar-refractivity contribution in [3.63, 3.8) is 0 Å². The lowest BCUT2D eigenvalue weighted by molar-refractivity contribution is 0.0421. The average Bonchev–Trinajstić information content (AvgIpc) is 3.00. The van der Waals surface area contributed by atoms with Crippen molar-refractivity contribution in [2.45, 2.75) is 71.8 Å². The summed E-state index contributed by atoms with van der Waals surface area (Å²) in [6.45, 7) is 16.3. The Labute approximate surface area is 183 Å². The van der Waals surface area contributed by atoms with Crippen molar-refractivity contribution in [3.8, 4) is 17.1 Å². The van der Waals surface area contributed by atoms with Gasteiger partial charge in [0.15, 0.2) is 0 Å². The fourth-order valence-electron chi connectivity index (χ4n) is 4.13. The van der Waals surface area contributed by atoms with Crippen molar-refractivity contribution in [1.29, 1.82) is 0 Å². The van der Waals surface area contributed by atoms with Gasteiger partial charge in [-0.15, -0.1) is 0 Å². The summed E-state index contributed by atoms with van der Waals surface area (Å²) in [5.74, 6) is 1.07. The molecule has 4 rings (SSSR count). The number of hydrogen-bond donors (Lipinski definition) is 3. The molecule has 1 aliphatic rings. The fraction of sp³-hybridized carbons (Fsp3) is 0.440. The van der Waals surface area contributed by atoms with Crippen LogP contribution >= 0.6 is 0 Å². The second-order valence-corrected chi connectivity index (χ2v) is 10.9. The van der Waals surface area contributed by atoms with Crippen molar-refractivity contribution in [1.82, 2.24) is 9.97 Å². The minimum Gasteiger partial charge on any atom is -0.507 e. The first kappa shape index (κ1) is 21.2. The highest BCUT2D eigenvalue weighted by molar-refractivity contribution is 5.94. The van der Waals surface area contributed by atoms with Gasteiger partial charge in [0.05, 0.1) is 16.7 Å². The molecule has 0 saturated carbocycles. The Morgan fingerprint density at radius 2 is 1.55 bits per heavy atom. The van der Waals surface area contributed by atoms with Gasteiger partial charge in [0.25, 0.3) is 0 Å². The summed E-state index contributed by atoms with van der Waals surface area (Å²) in [4.78, 5) is 20.2. The Bertz CT molecular complexity index is 1170. The molecule has 3 aromatic rings. The maximum atomic E-state index is 11.9. The first-order valence-electron chi connectivity index (χ1n) is 10.6. The van der Waals surface area contributed by atoms with Gasteiger partial charge >= 0.3 is 6.09 Å². The van der Waals surface area contributed by atoms with E-state index in [2.05, 4.69) is 51.8 Å². The van der Waals surface area contributed by atoms with Crippen LogP contribution in [0.15, 0.2) is 24.3 Å². The van der Waals surface area contributed by atoms with E-state index in [1.54, 1.807) is 0 Å². The number of nitrogens with zero attached hydrogens (tertiary/aromatic N) is 1. The van der Waals surface area contributed by atoms with Crippen LogP contribution in [0.5, 0.6) is 5.75 Å². The average molecular weight is 422 g/mol. The third-order valence-electron chi connectivity index (χ3n) is 5.85. The molecule has 164 valence electrons. The van der Waals surface area contributed by atoms with Gasteiger partial charge in [0, 0.05) is 22.3 Å². The predicted octanol–water partition coefficient (Wildman–Crippen LogP) is 6.33. The van der Waals surface area contributed by atoms with E-state index < -0.39 is 11.7 Å². The van der Waals surface area contributed by atoms with Gasteiger partial charge in [-0.25, -0.2) is 9.78 Å². The van der Waals surface area contributed by atoms with E-state index in [0.29, 0.717) is 11.4 Å². The minimum absolute atomic E-state index is 0.225. The van der Waals surface area contributed by atoms with Crippen molar-refractivity contribution in [2.24, 2.45) is 0 Å². The lowest BCUT2D eigenvalue weighted by atomic mass is 9.78. The summed E-state index contributed by atoms with van der Waals surface area (Å²) < 4.78 is 5.45. The van der Waals surface area contributed by atoms with Crippen LogP contribution in [0.3, 0.4) is 0 Å². The Balaban J connectivity index is 1.92. The molecule has 3 N–H and O–H groups in total. The van der Waals surface area contributed by atoms with Crippen LogP contribution in [0, 0.1) is 0 Å². The number of phenolic OH excluding ortho intramolecular Hbond substituents is 1. The topological polar surface area (TPSA) is 87.2 Å². The fourth-order valence-corrected chi connectivity index (χ4v) is 4.13. The van der Waals surface area contributed by atoms with E-state index in [4.69, 9.17) is 9.72 Å². The zero-order valence-corrected chi connectivity index (χ0v) is 19.5. The van der Waals surface area contributed by atoms with Crippen LogP contribution in [0.1, 0.15) is 72.1 Å². The molecule has 31 heavy (non-hydrogen) atoms. The monoisotopic (exact) mass is 421 g/mol. The molecular formula is C25H31N3O3. The number of amides is 1. The number of carbonyl (C=O) groups excluding carboxylic acids is 1. The van der Waals surface area contributed by atoms with Crippen molar-refractivity contribution < 1.29 is 14.6 Å². The molecule has 2 heterocycles. The summed E-state index contributed by atoms with van der Waals surface area (Å²) in [7, 11) is 0. The van der Waals surface area contributed by atoms with Crippen molar-refractivity contribution >= 4 is 22.8 Å².